The van der Waals surface area contributed by atoms with Gasteiger partial charge >= 0.3 is 6.18 Å². The van der Waals surface area contributed by atoms with Crippen LogP contribution in [0.1, 0.15) is 27.9 Å². The molecule has 0 heterocycles. The zero-order chi connectivity index (χ0) is 21.6. The Bertz CT molecular complexity index is 1050. The van der Waals surface area contributed by atoms with Crippen LogP contribution in [0.25, 0.3) is 0 Å². The third-order valence-corrected chi connectivity index (χ3v) is 4.78. The molecule has 0 spiro atoms. The summed E-state index contributed by atoms with van der Waals surface area (Å²) in [7, 11) is 1.50. The minimum absolute atomic E-state index is 0.0669. The first kappa shape index (κ1) is 21.2. The minimum atomic E-state index is -4.77. The van der Waals surface area contributed by atoms with Crippen molar-refractivity contribution in [1.29, 1.82) is 0 Å². The van der Waals surface area contributed by atoms with E-state index in [2.05, 4.69) is 11.8 Å². The Morgan fingerprint density at radius 1 is 0.867 bits per heavy atom. The van der Waals surface area contributed by atoms with Crippen molar-refractivity contribution in [2.75, 3.05) is 7.11 Å². The fourth-order valence-corrected chi connectivity index (χ4v) is 3.10. The van der Waals surface area contributed by atoms with Crippen LogP contribution in [0.2, 0.25) is 0 Å². The molecule has 0 aromatic heterocycles. The number of hydrogen-bond donors (Lipinski definition) is 0. The molecular weight excluding hydrogens is 389 g/mol. The average molecular weight is 408 g/mol. The molecule has 5 heteroatoms. The summed E-state index contributed by atoms with van der Waals surface area (Å²) in [6.07, 6.45) is -5.58. The maximum absolute atomic E-state index is 14.5. The predicted octanol–water partition coefficient (Wildman–Crippen LogP) is 5.82. The van der Waals surface area contributed by atoms with E-state index in [1.165, 1.54) is 43.5 Å². The Labute approximate surface area is 173 Å². The first-order valence-electron chi connectivity index (χ1n) is 9.23. The lowest BCUT2D eigenvalue weighted by atomic mass is 9.75. The summed E-state index contributed by atoms with van der Waals surface area (Å²) in [5.41, 5.74) is -2.09. The highest BCUT2D eigenvalue weighted by molar-refractivity contribution is 5.97. The van der Waals surface area contributed by atoms with Gasteiger partial charge in [-0.1, -0.05) is 72.5 Å². The Morgan fingerprint density at radius 3 is 1.97 bits per heavy atom. The molecule has 0 fully saturated rings. The average Bonchev–Trinajstić information content (AvgIpc) is 2.77. The second kappa shape index (κ2) is 8.87. The molecule has 152 valence electrons. The molecule has 3 rings (SSSR count). The number of hydrogen-bond acceptors (Lipinski definition) is 2. The SMILES string of the molecule is COc1ccc(C#CC(CC(=O)c2ccccc2)(c2ccccc2)C(F)(F)F)cc1. The van der Waals surface area contributed by atoms with Crippen LogP contribution in [0.5, 0.6) is 5.75 Å². The molecule has 0 aliphatic rings. The normalized spacial score (nSPS) is 12.9. The molecule has 0 radical (unpaired) electrons. The number of carbonyl (C=O) groups excluding carboxylic acids is 1. The van der Waals surface area contributed by atoms with E-state index in [1.54, 1.807) is 48.5 Å². The largest absolute Gasteiger partial charge is 0.497 e. The summed E-state index contributed by atoms with van der Waals surface area (Å²) < 4.78 is 48.5. The summed E-state index contributed by atoms with van der Waals surface area (Å²) in [5.74, 6) is 4.98. The third kappa shape index (κ3) is 4.55. The molecule has 0 saturated carbocycles. The van der Waals surface area contributed by atoms with Crippen molar-refractivity contribution in [3.63, 3.8) is 0 Å². The van der Waals surface area contributed by atoms with E-state index in [-0.39, 0.29) is 11.1 Å². The molecule has 0 bridgehead atoms. The van der Waals surface area contributed by atoms with Crippen molar-refractivity contribution >= 4 is 5.78 Å². The minimum Gasteiger partial charge on any atom is -0.497 e. The number of methoxy groups -OCH3 is 1. The van der Waals surface area contributed by atoms with E-state index in [0.29, 0.717) is 11.3 Å². The smallest absolute Gasteiger partial charge is 0.409 e. The van der Waals surface area contributed by atoms with Crippen molar-refractivity contribution in [1.82, 2.24) is 0 Å². The van der Waals surface area contributed by atoms with Gasteiger partial charge < -0.3 is 4.74 Å². The summed E-state index contributed by atoms with van der Waals surface area (Å²) in [6, 6.07) is 21.7. The van der Waals surface area contributed by atoms with Crippen LogP contribution in [0, 0.1) is 11.8 Å². The van der Waals surface area contributed by atoms with Gasteiger partial charge in [0.15, 0.2) is 11.2 Å². The maximum Gasteiger partial charge on any atom is 0.409 e. The van der Waals surface area contributed by atoms with Gasteiger partial charge in [0.2, 0.25) is 0 Å². The topological polar surface area (TPSA) is 26.3 Å². The Hall–Kier alpha value is -3.52. The van der Waals surface area contributed by atoms with E-state index < -0.39 is 23.8 Å². The Morgan fingerprint density at radius 2 is 1.43 bits per heavy atom. The monoisotopic (exact) mass is 408 g/mol. The molecule has 1 unspecified atom stereocenters. The number of Topliss-reactive ketones (excluding diaryl/α,β-unsaturated/α-hetero) is 1. The quantitative estimate of drug-likeness (QED) is 0.393. The number of halogens is 3. The zero-order valence-electron chi connectivity index (χ0n) is 16.2. The fraction of sp³-hybridized carbons (Fsp3) is 0.160. The molecule has 3 aromatic carbocycles. The number of alkyl halides is 3. The highest BCUT2D eigenvalue weighted by Crippen LogP contribution is 2.44. The summed E-state index contributed by atoms with van der Waals surface area (Å²) in [6.45, 7) is 0. The number of ketones is 1. The van der Waals surface area contributed by atoms with Crippen LogP contribution in [-0.4, -0.2) is 19.1 Å². The van der Waals surface area contributed by atoms with Gasteiger partial charge in [-0.05, 0) is 29.8 Å². The molecule has 1 atom stereocenters. The maximum atomic E-state index is 14.5. The highest BCUT2D eigenvalue weighted by atomic mass is 19.4. The summed E-state index contributed by atoms with van der Waals surface area (Å²) in [5, 5.41) is 0. The van der Waals surface area contributed by atoms with Gasteiger partial charge in [-0.2, -0.15) is 13.2 Å². The number of rotatable bonds is 5. The lowest BCUT2D eigenvalue weighted by Crippen LogP contribution is -2.43. The van der Waals surface area contributed by atoms with Crippen LogP contribution < -0.4 is 4.74 Å². The molecule has 0 saturated heterocycles. The lowest BCUT2D eigenvalue weighted by molar-refractivity contribution is -0.172. The highest BCUT2D eigenvalue weighted by Gasteiger charge is 2.56. The van der Waals surface area contributed by atoms with Crippen LogP contribution in [0.15, 0.2) is 84.9 Å². The van der Waals surface area contributed by atoms with Crippen LogP contribution >= 0.6 is 0 Å². The van der Waals surface area contributed by atoms with Gasteiger partial charge in [0.05, 0.1) is 7.11 Å². The van der Waals surface area contributed by atoms with E-state index in [1.807, 2.05) is 0 Å². The predicted molar refractivity (Wildman–Crippen MR) is 109 cm³/mol. The van der Waals surface area contributed by atoms with E-state index in [9.17, 15) is 18.0 Å². The molecular formula is C25H19F3O2. The van der Waals surface area contributed by atoms with Crippen molar-refractivity contribution in [2.24, 2.45) is 0 Å². The summed E-state index contributed by atoms with van der Waals surface area (Å²) in [4.78, 5) is 12.8. The molecule has 30 heavy (non-hydrogen) atoms. The number of carbonyl (C=O) groups is 1. The van der Waals surface area contributed by atoms with E-state index in [4.69, 9.17) is 4.74 Å². The molecule has 2 nitrogen and oxygen atoms in total. The molecule has 0 amide bonds. The lowest BCUT2D eigenvalue weighted by Gasteiger charge is -2.31. The Balaban J connectivity index is 2.11. The van der Waals surface area contributed by atoms with E-state index in [0.717, 1.165) is 0 Å². The summed E-state index contributed by atoms with van der Waals surface area (Å²) >= 11 is 0. The van der Waals surface area contributed by atoms with Crippen molar-refractivity contribution in [3.8, 4) is 17.6 Å². The van der Waals surface area contributed by atoms with Gasteiger partial charge in [-0.25, -0.2) is 0 Å². The number of ether oxygens (including phenoxy) is 1. The zero-order valence-corrected chi connectivity index (χ0v) is 16.2. The van der Waals surface area contributed by atoms with Gasteiger partial charge in [0.1, 0.15) is 5.75 Å². The second-order valence-electron chi connectivity index (χ2n) is 6.71. The third-order valence-electron chi connectivity index (χ3n) is 4.78. The molecule has 0 aliphatic carbocycles. The van der Waals surface area contributed by atoms with Gasteiger partial charge in [0.25, 0.3) is 0 Å². The van der Waals surface area contributed by atoms with Gasteiger partial charge in [-0.3, -0.25) is 4.79 Å². The second-order valence-corrected chi connectivity index (χ2v) is 6.71. The molecule has 0 aliphatic heterocycles. The van der Waals surface area contributed by atoms with Crippen molar-refractivity contribution in [3.05, 3.63) is 102 Å². The van der Waals surface area contributed by atoms with Crippen LogP contribution in [0.3, 0.4) is 0 Å². The van der Waals surface area contributed by atoms with Crippen molar-refractivity contribution < 1.29 is 22.7 Å². The van der Waals surface area contributed by atoms with Crippen molar-refractivity contribution in [2.45, 2.75) is 18.0 Å². The van der Waals surface area contributed by atoms with E-state index >= 15 is 0 Å². The first-order valence-corrected chi connectivity index (χ1v) is 9.23. The number of benzene rings is 3. The molecule has 0 N–H and O–H groups in total. The molecule has 3 aromatic rings. The van der Waals surface area contributed by atoms with Gasteiger partial charge in [-0.15, -0.1) is 0 Å². The Kier molecular flexibility index (Phi) is 6.27. The fourth-order valence-electron chi connectivity index (χ4n) is 3.10. The van der Waals surface area contributed by atoms with Crippen LogP contribution in [-0.2, 0) is 5.41 Å². The van der Waals surface area contributed by atoms with Crippen LogP contribution in [0.4, 0.5) is 13.2 Å². The standard InChI is InChI=1S/C25H19F3O2/c1-30-22-14-12-19(13-15-22)16-17-24(25(26,27)28,21-10-6-3-7-11-21)18-23(29)20-8-4-2-5-9-20/h2-15H,18H2,1H3. The van der Waals surface area contributed by atoms with Gasteiger partial charge in [0, 0.05) is 17.5 Å². The first-order chi connectivity index (χ1) is 14.4.